The van der Waals surface area contributed by atoms with E-state index in [2.05, 4.69) is 40.1 Å². The van der Waals surface area contributed by atoms with Crippen molar-refractivity contribution in [2.24, 2.45) is 0 Å². The zero-order valence-corrected chi connectivity index (χ0v) is 10.3. The molecule has 3 nitrogen and oxygen atoms in total. The van der Waals surface area contributed by atoms with E-state index < -0.39 is 0 Å². The van der Waals surface area contributed by atoms with Crippen LogP contribution < -0.4 is 10.6 Å². The van der Waals surface area contributed by atoms with Gasteiger partial charge in [-0.05, 0) is 14.0 Å². The molecule has 2 N–H and O–H groups in total. The molecule has 1 unspecified atom stereocenters. The van der Waals surface area contributed by atoms with E-state index >= 15 is 0 Å². The van der Waals surface area contributed by atoms with E-state index in [1.807, 2.05) is 30.1 Å². The maximum atomic E-state index is 4.94. The summed E-state index contributed by atoms with van der Waals surface area (Å²) in [5.74, 6) is 0. The Hall–Kier alpha value is 1.34. The highest BCUT2D eigenvalue weighted by Gasteiger charge is 2.05. The highest BCUT2D eigenvalue weighted by molar-refractivity contribution is 14.1. The van der Waals surface area contributed by atoms with Gasteiger partial charge in [-0.2, -0.15) is 0 Å². The van der Waals surface area contributed by atoms with Crippen LogP contribution >= 0.6 is 45.6 Å². The van der Waals surface area contributed by atoms with Crippen LogP contribution in [0.1, 0.15) is 6.92 Å². The number of hydrogen-bond donors (Lipinski definition) is 2. The summed E-state index contributed by atoms with van der Waals surface area (Å²) < 4.78 is 5.40. The summed E-state index contributed by atoms with van der Waals surface area (Å²) in [5.41, 5.74) is 0. The SMILES string of the molecule is CN[C@H](COI)NC(C)I. The molecule has 0 fully saturated rings. The molecule has 0 radical (unpaired) electrons. The van der Waals surface area contributed by atoms with Crippen molar-refractivity contribution in [2.75, 3.05) is 13.7 Å². The van der Waals surface area contributed by atoms with E-state index in [9.17, 15) is 0 Å². The van der Waals surface area contributed by atoms with E-state index in [0.29, 0.717) is 10.7 Å². The fraction of sp³-hybridized carbons (Fsp3) is 1.00. The summed E-state index contributed by atoms with van der Waals surface area (Å²) in [5, 5.41) is 6.36. The Morgan fingerprint density at radius 1 is 1.60 bits per heavy atom. The Morgan fingerprint density at radius 2 is 2.20 bits per heavy atom. The highest BCUT2D eigenvalue weighted by Crippen LogP contribution is 1.95. The number of nitrogens with one attached hydrogen (secondary N) is 2. The summed E-state index contributed by atoms with van der Waals surface area (Å²) in [6, 6.07) is 0. The summed E-state index contributed by atoms with van der Waals surface area (Å²) in [4.78, 5) is 0. The van der Waals surface area contributed by atoms with Crippen LogP contribution in [0.4, 0.5) is 0 Å². The van der Waals surface area contributed by atoms with Gasteiger partial charge in [-0.3, -0.25) is 5.32 Å². The second-order valence-corrected chi connectivity index (χ2v) is 4.39. The van der Waals surface area contributed by atoms with Crippen LogP contribution in [0.2, 0.25) is 0 Å². The summed E-state index contributed by atoms with van der Waals surface area (Å²) in [6.45, 7) is 2.78. The average molecular weight is 370 g/mol. The van der Waals surface area contributed by atoms with E-state index in [1.54, 1.807) is 0 Å². The molecule has 0 aliphatic rings. The van der Waals surface area contributed by atoms with Crippen LogP contribution in [0.5, 0.6) is 0 Å². The van der Waals surface area contributed by atoms with Gasteiger partial charge >= 0.3 is 0 Å². The lowest BCUT2D eigenvalue weighted by Gasteiger charge is -2.17. The first kappa shape index (κ1) is 11.3. The molecule has 0 aliphatic carbocycles. The molecule has 0 bridgehead atoms. The Kier molecular flexibility index (Phi) is 7.95. The lowest BCUT2D eigenvalue weighted by atomic mass is 10.5. The average Bonchev–Trinajstić information content (AvgIpc) is 1.86. The largest absolute Gasteiger partial charge is 0.313 e. The second-order valence-electron chi connectivity index (χ2n) is 1.90. The minimum atomic E-state index is 0.254. The summed E-state index contributed by atoms with van der Waals surface area (Å²) >= 11 is 4.20. The molecule has 0 aromatic heterocycles. The van der Waals surface area contributed by atoms with Crippen molar-refractivity contribution < 1.29 is 3.07 Å². The van der Waals surface area contributed by atoms with E-state index in [-0.39, 0.29) is 6.17 Å². The first-order valence-electron chi connectivity index (χ1n) is 3.01. The van der Waals surface area contributed by atoms with Gasteiger partial charge in [0.25, 0.3) is 0 Å². The third kappa shape index (κ3) is 6.08. The van der Waals surface area contributed by atoms with Crippen molar-refractivity contribution in [1.82, 2.24) is 10.6 Å². The van der Waals surface area contributed by atoms with Crippen molar-refractivity contribution >= 4 is 45.6 Å². The van der Waals surface area contributed by atoms with Gasteiger partial charge in [0.1, 0.15) is 23.0 Å². The molecule has 0 aromatic carbocycles. The van der Waals surface area contributed by atoms with E-state index in [4.69, 9.17) is 3.07 Å². The van der Waals surface area contributed by atoms with Gasteiger partial charge in [0.05, 0.1) is 16.8 Å². The van der Waals surface area contributed by atoms with Gasteiger partial charge in [-0.15, -0.1) is 0 Å². The first-order valence-corrected chi connectivity index (χ1v) is 5.14. The Labute approximate surface area is 89.5 Å². The minimum Gasteiger partial charge on any atom is -0.313 e. The lowest BCUT2D eigenvalue weighted by Crippen LogP contribution is -2.45. The quantitative estimate of drug-likeness (QED) is 0.331. The van der Waals surface area contributed by atoms with Crippen LogP contribution in [0.15, 0.2) is 0 Å². The van der Waals surface area contributed by atoms with Crippen LogP contribution in [0.3, 0.4) is 0 Å². The van der Waals surface area contributed by atoms with Crippen LogP contribution in [-0.4, -0.2) is 23.9 Å². The van der Waals surface area contributed by atoms with Crippen molar-refractivity contribution in [2.45, 2.75) is 17.1 Å². The van der Waals surface area contributed by atoms with E-state index in [1.165, 1.54) is 0 Å². The molecule has 0 saturated heterocycles. The highest BCUT2D eigenvalue weighted by atomic mass is 127. The zero-order valence-electron chi connectivity index (χ0n) is 6.03. The van der Waals surface area contributed by atoms with Crippen molar-refractivity contribution in [3.8, 4) is 0 Å². The topological polar surface area (TPSA) is 33.3 Å². The molecule has 5 heteroatoms. The molecule has 0 rings (SSSR count). The standard InChI is InChI=1S/C5H12I2N2O/c1-4(6)9-5(8-2)3-10-7/h4-5,8-9H,3H2,1-2H3/t4?,5-/m0/s1. The monoisotopic (exact) mass is 370 g/mol. The van der Waals surface area contributed by atoms with Gasteiger partial charge in [0.2, 0.25) is 0 Å². The van der Waals surface area contributed by atoms with Crippen molar-refractivity contribution in [3.63, 3.8) is 0 Å². The van der Waals surface area contributed by atoms with Gasteiger partial charge in [-0.1, -0.05) is 22.6 Å². The summed E-state index contributed by atoms with van der Waals surface area (Å²) in [6.07, 6.45) is 0.254. The second kappa shape index (κ2) is 7.01. The Balaban J connectivity index is 3.39. The molecule has 0 saturated carbocycles. The number of halogens is 2. The maximum absolute atomic E-state index is 4.94. The predicted molar refractivity (Wildman–Crippen MR) is 59.4 cm³/mol. The van der Waals surface area contributed by atoms with Gasteiger partial charge in [-0.25, -0.2) is 0 Å². The molecule has 0 spiro atoms. The number of alkyl halides is 1. The molecular formula is C5H12I2N2O. The number of hydrogen-bond acceptors (Lipinski definition) is 3. The smallest absolute Gasteiger partial charge is 0.109 e. The maximum Gasteiger partial charge on any atom is 0.109 e. The fourth-order valence-electron chi connectivity index (χ4n) is 0.555. The van der Waals surface area contributed by atoms with Crippen LogP contribution in [-0.2, 0) is 3.07 Å². The molecular weight excluding hydrogens is 358 g/mol. The summed E-state index contributed by atoms with van der Waals surface area (Å²) in [7, 11) is 1.91. The Bertz CT molecular complexity index is 82.0. The van der Waals surface area contributed by atoms with Crippen LogP contribution in [0, 0.1) is 0 Å². The van der Waals surface area contributed by atoms with Gasteiger partial charge < -0.3 is 8.38 Å². The molecule has 2 atom stereocenters. The van der Waals surface area contributed by atoms with Gasteiger partial charge in [0.15, 0.2) is 0 Å². The van der Waals surface area contributed by atoms with Crippen molar-refractivity contribution in [3.05, 3.63) is 0 Å². The van der Waals surface area contributed by atoms with Gasteiger partial charge in [0, 0.05) is 0 Å². The normalized spacial score (nSPS) is 16.8. The molecule has 0 aromatic rings. The lowest BCUT2D eigenvalue weighted by molar-refractivity contribution is 0.311. The molecule has 10 heavy (non-hydrogen) atoms. The van der Waals surface area contributed by atoms with E-state index in [0.717, 1.165) is 0 Å². The molecule has 0 aliphatic heterocycles. The van der Waals surface area contributed by atoms with Crippen LogP contribution in [0.25, 0.3) is 0 Å². The third-order valence-electron chi connectivity index (χ3n) is 1.01. The fourth-order valence-corrected chi connectivity index (χ4v) is 1.35. The molecule has 62 valence electrons. The van der Waals surface area contributed by atoms with Crippen molar-refractivity contribution in [1.29, 1.82) is 0 Å². The molecule has 0 amide bonds. The Morgan fingerprint density at radius 3 is 2.50 bits per heavy atom. The molecule has 0 heterocycles. The zero-order chi connectivity index (χ0) is 7.98. The first-order chi connectivity index (χ1) is 4.70. The predicted octanol–water partition coefficient (Wildman–Crippen LogP) is 1.27. The minimum absolute atomic E-state index is 0.254. The third-order valence-corrected chi connectivity index (χ3v) is 1.73. The number of rotatable bonds is 5. The number of likely N-dealkylation sites (N-methyl/N-ethyl adjacent to an activating group) is 1.